The van der Waals surface area contributed by atoms with Gasteiger partial charge in [-0.05, 0) is 32.0 Å². The van der Waals surface area contributed by atoms with Crippen molar-refractivity contribution in [3.63, 3.8) is 0 Å². The molecule has 1 fully saturated rings. The molecule has 0 radical (unpaired) electrons. The van der Waals surface area contributed by atoms with Crippen molar-refractivity contribution >= 4 is 11.8 Å². The maximum Gasteiger partial charge on any atom is 0.335 e. The number of hydrogen-bond acceptors (Lipinski definition) is 4. The van der Waals surface area contributed by atoms with E-state index in [1.807, 2.05) is 13.8 Å². The highest BCUT2D eigenvalue weighted by Gasteiger charge is 2.23. The Labute approximate surface area is 120 Å². The first-order valence-corrected chi connectivity index (χ1v) is 7.09. The van der Waals surface area contributed by atoms with Crippen LogP contribution in [0.4, 0.5) is 5.82 Å². The van der Waals surface area contributed by atoms with Crippen molar-refractivity contribution < 1.29 is 9.90 Å². The molecule has 0 aliphatic carbocycles. The second-order valence-electron chi connectivity index (χ2n) is 5.87. The summed E-state index contributed by atoms with van der Waals surface area (Å²) in [4.78, 5) is 20.4. The lowest BCUT2D eigenvalue weighted by Crippen LogP contribution is -2.50. The molecule has 0 bridgehead atoms. The summed E-state index contributed by atoms with van der Waals surface area (Å²) in [6, 6.07) is 3.81. The lowest BCUT2D eigenvalue weighted by atomic mass is 10.1. The average Bonchev–Trinajstić information content (AvgIpc) is 2.41. The van der Waals surface area contributed by atoms with Crippen LogP contribution in [0.2, 0.25) is 0 Å². The zero-order valence-electron chi connectivity index (χ0n) is 12.6. The Morgan fingerprint density at radius 2 is 2.10 bits per heavy atom. The van der Waals surface area contributed by atoms with Crippen LogP contribution in [0.5, 0.6) is 0 Å². The standard InChI is InChI=1S/C15H23N3O2/c1-10(2)13-7-12(15(19)20)8-14(16-13)18-6-5-17(4)11(3)9-18/h7-8,10-11H,5-6,9H2,1-4H3,(H,19,20). The van der Waals surface area contributed by atoms with Crippen molar-refractivity contribution in [2.45, 2.75) is 32.7 Å². The van der Waals surface area contributed by atoms with Crippen LogP contribution in [-0.4, -0.2) is 53.7 Å². The van der Waals surface area contributed by atoms with Crippen molar-refractivity contribution in [1.29, 1.82) is 0 Å². The van der Waals surface area contributed by atoms with E-state index >= 15 is 0 Å². The molecular formula is C15H23N3O2. The second-order valence-corrected chi connectivity index (χ2v) is 5.87. The molecule has 1 aromatic rings. The number of carboxylic acids is 1. The quantitative estimate of drug-likeness (QED) is 0.916. The molecule has 5 heteroatoms. The van der Waals surface area contributed by atoms with Gasteiger partial charge in [-0.2, -0.15) is 0 Å². The Hall–Kier alpha value is -1.62. The molecule has 1 atom stereocenters. The van der Waals surface area contributed by atoms with Gasteiger partial charge in [0, 0.05) is 31.4 Å². The van der Waals surface area contributed by atoms with E-state index < -0.39 is 5.97 Å². The largest absolute Gasteiger partial charge is 0.478 e. The minimum absolute atomic E-state index is 0.220. The molecular weight excluding hydrogens is 254 g/mol. The minimum Gasteiger partial charge on any atom is -0.478 e. The molecule has 0 aromatic carbocycles. The molecule has 1 aliphatic rings. The number of piperazine rings is 1. The van der Waals surface area contributed by atoms with E-state index in [1.165, 1.54) is 0 Å². The molecule has 1 N–H and O–H groups in total. The summed E-state index contributed by atoms with van der Waals surface area (Å²) in [6.45, 7) is 8.97. The van der Waals surface area contributed by atoms with Gasteiger partial charge in [0.1, 0.15) is 5.82 Å². The lowest BCUT2D eigenvalue weighted by molar-refractivity contribution is 0.0696. The molecule has 2 rings (SSSR count). The Balaban J connectivity index is 2.33. The maximum absolute atomic E-state index is 11.3. The van der Waals surface area contributed by atoms with Crippen LogP contribution >= 0.6 is 0 Å². The van der Waals surface area contributed by atoms with Crippen LogP contribution in [0.15, 0.2) is 12.1 Å². The van der Waals surface area contributed by atoms with E-state index in [1.54, 1.807) is 12.1 Å². The Bertz CT molecular complexity index is 502. The van der Waals surface area contributed by atoms with Gasteiger partial charge >= 0.3 is 5.97 Å². The fraction of sp³-hybridized carbons (Fsp3) is 0.600. The number of aromatic nitrogens is 1. The summed E-state index contributed by atoms with van der Waals surface area (Å²) in [5, 5.41) is 9.25. The molecule has 1 unspecified atom stereocenters. The van der Waals surface area contributed by atoms with Crippen molar-refractivity contribution in [1.82, 2.24) is 9.88 Å². The Morgan fingerprint density at radius 1 is 1.40 bits per heavy atom. The average molecular weight is 277 g/mol. The number of carboxylic acid groups (broad SMARTS) is 1. The zero-order chi connectivity index (χ0) is 14.9. The highest BCUT2D eigenvalue weighted by atomic mass is 16.4. The molecule has 0 spiro atoms. The van der Waals surface area contributed by atoms with Crippen LogP contribution in [0.3, 0.4) is 0 Å². The Kier molecular flexibility index (Phi) is 4.28. The molecule has 1 aliphatic heterocycles. The number of hydrogen-bond donors (Lipinski definition) is 1. The van der Waals surface area contributed by atoms with Gasteiger partial charge in [-0.15, -0.1) is 0 Å². The number of pyridine rings is 1. The summed E-state index contributed by atoms with van der Waals surface area (Å²) in [5.41, 5.74) is 1.16. The minimum atomic E-state index is -0.891. The second kappa shape index (κ2) is 5.79. The molecule has 20 heavy (non-hydrogen) atoms. The molecule has 0 saturated carbocycles. The van der Waals surface area contributed by atoms with E-state index in [0.29, 0.717) is 11.6 Å². The van der Waals surface area contributed by atoms with Gasteiger partial charge in [0.25, 0.3) is 0 Å². The van der Waals surface area contributed by atoms with Crippen molar-refractivity contribution in [3.8, 4) is 0 Å². The summed E-state index contributed by atoms with van der Waals surface area (Å²) in [5.74, 6) is 0.115. The number of rotatable bonds is 3. The monoisotopic (exact) mass is 277 g/mol. The molecule has 2 heterocycles. The van der Waals surface area contributed by atoms with Gasteiger partial charge < -0.3 is 14.9 Å². The van der Waals surface area contributed by atoms with Gasteiger partial charge in [-0.1, -0.05) is 13.8 Å². The summed E-state index contributed by atoms with van der Waals surface area (Å²) in [7, 11) is 2.11. The van der Waals surface area contributed by atoms with Crippen molar-refractivity contribution in [3.05, 3.63) is 23.4 Å². The Morgan fingerprint density at radius 3 is 2.65 bits per heavy atom. The van der Waals surface area contributed by atoms with E-state index in [2.05, 4.69) is 28.8 Å². The first kappa shape index (κ1) is 14.8. The van der Waals surface area contributed by atoms with Gasteiger partial charge in [0.05, 0.1) is 5.56 Å². The topological polar surface area (TPSA) is 56.7 Å². The summed E-state index contributed by atoms with van der Waals surface area (Å²) < 4.78 is 0. The zero-order valence-corrected chi connectivity index (χ0v) is 12.6. The molecule has 110 valence electrons. The molecule has 1 aromatic heterocycles. The molecule has 1 saturated heterocycles. The van der Waals surface area contributed by atoms with Crippen LogP contribution in [0.1, 0.15) is 42.7 Å². The van der Waals surface area contributed by atoms with E-state index in [0.717, 1.165) is 31.1 Å². The fourth-order valence-electron chi connectivity index (χ4n) is 2.37. The SMILES string of the molecule is CC(C)c1cc(C(=O)O)cc(N2CCN(C)C(C)C2)n1. The van der Waals surface area contributed by atoms with Crippen LogP contribution in [-0.2, 0) is 0 Å². The van der Waals surface area contributed by atoms with E-state index in [9.17, 15) is 9.90 Å². The maximum atomic E-state index is 11.3. The lowest BCUT2D eigenvalue weighted by Gasteiger charge is -2.38. The van der Waals surface area contributed by atoms with Crippen molar-refractivity contribution in [2.75, 3.05) is 31.6 Å². The summed E-state index contributed by atoms with van der Waals surface area (Å²) in [6.07, 6.45) is 0. The van der Waals surface area contributed by atoms with E-state index in [-0.39, 0.29) is 5.92 Å². The third-order valence-corrected chi connectivity index (χ3v) is 3.95. The van der Waals surface area contributed by atoms with Crippen LogP contribution in [0, 0.1) is 0 Å². The third kappa shape index (κ3) is 3.10. The predicted octanol–water partition coefficient (Wildman–Crippen LogP) is 2.04. The number of likely N-dealkylation sites (N-methyl/N-ethyl adjacent to an activating group) is 1. The van der Waals surface area contributed by atoms with Gasteiger partial charge in [0.15, 0.2) is 0 Å². The highest BCUT2D eigenvalue weighted by molar-refractivity contribution is 5.88. The van der Waals surface area contributed by atoms with E-state index in [4.69, 9.17) is 0 Å². The van der Waals surface area contributed by atoms with Gasteiger partial charge in [0.2, 0.25) is 0 Å². The predicted molar refractivity (Wildman–Crippen MR) is 79.6 cm³/mol. The van der Waals surface area contributed by atoms with Gasteiger partial charge in [-0.25, -0.2) is 9.78 Å². The van der Waals surface area contributed by atoms with Crippen LogP contribution < -0.4 is 4.90 Å². The fourth-order valence-corrected chi connectivity index (χ4v) is 2.37. The number of anilines is 1. The molecule has 0 amide bonds. The highest BCUT2D eigenvalue weighted by Crippen LogP contribution is 2.22. The molecule has 5 nitrogen and oxygen atoms in total. The number of aromatic carboxylic acids is 1. The summed E-state index contributed by atoms with van der Waals surface area (Å²) >= 11 is 0. The smallest absolute Gasteiger partial charge is 0.335 e. The number of nitrogens with zero attached hydrogens (tertiary/aromatic N) is 3. The third-order valence-electron chi connectivity index (χ3n) is 3.95. The van der Waals surface area contributed by atoms with Gasteiger partial charge in [-0.3, -0.25) is 0 Å². The first-order chi connectivity index (χ1) is 9.38. The van der Waals surface area contributed by atoms with Crippen LogP contribution in [0.25, 0.3) is 0 Å². The number of carbonyl (C=O) groups is 1. The van der Waals surface area contributed by atoms with Crippen molar-refractivity contribution in [2.24, 2.45) is 0 Å². The normalized spacial score (nSPS) is 20.4. The first-order valence-electron chi connectivity index (χ1n) is 7.09.